The highest BCUT2D eigenvalue weighted by molar-refractivity contribution is 6.01. The lowest BCUT2D eigenvalue weighted by molar-refractivity contribution is -0.125. The van der Waals surface area contributed by atoms with Crippen molar-refractivity contribution in [3.05, 3.63) is 30.0 Å². The Morgan fingerprint density at radius 3 is 2.56 bits per heavy atom. The second-order valence-electron chi connectivity index (χ2n) is 7.83. The van der Waals surface area contributed by atoms with Crippen LogP contribution in [0.5, 0.6) is 11.5 Å². The molecule has 3 amide bonds. The van der Waals surface area contributed by atoms with Crippen LogP contribution in [0.4, 0.5) is 11.5 Å². The molecule has 0 radical (unpaired) electrons. The van der Waals surface area contributed by atoms with E-state index in [9.17, 15) is 14.4 Å². The summed E-state index contributed by atoms with van der Waals surface area (Å²) >= 11 is 0. The number of carbonyl (C=O) groups is 3. The molecule has 1 aromatic heterocycles. The minimum atomic E-state index is -0.397. The molecule has 11 heteroatoms. The van der Waals surface area contributed by atoms with Gasteiger partial charge in [-0.3, -0.25) is 14.4 Å². The van der Waals surface area contributed by atoms with Gasteiger partial charge in [0.1, 0.15) is 12.3 Å². The predicted molar refractivity (Wildman–Crippen MR) is 123 cm³/mol. The summed E-state index contributed by atoms with van der Waals surface area (Å²) in [4.78, 5) is 39.3. The van der Waals surface area contributed by atoms with Crippen molar-refractivity contribution >= 4 is 29.2 Å². The third-order valence-corrected chi connectivity index (χ3v) is 5.29. The summed E-state index contributed by atoms with van der Waals surface area (Å²) in [5, 5.41) is 9.10. The van der Waals surface area contributed by atoms with Gasteiger partial charge >= 0.3 is 0 Å². The van der Waals surface area contributed by atoms with Gasteiger partial charge in [-0.2, -0.15) is 0 Å². The second-order valence-corrected chi connectivity index (χ2v) is 7.83. The van der Waals surface area contributed by atoms with Crippen molar-refractivity contribution in [3.63, 3.8) is 0 Å². The van der Waals surface area contributed by atoms with Crippen LogP contribution in [-0.2, 0) is 19.1 Å². The summed E-state index contributed by atoms with van der Waals surface area (Å²) in [7, 11) is 2.99. The lowest BCUT2D eigenvalue weighted by Crippen LogP contribution is -2.43. The average Bonchev–Trinajstić information content (AvgIpc) is 3.50. The van der Waals surface area contributed by atoms with Crippen LogP contribution in [0, 0.1) is 6.92 Å². The van der Waals surface area contributed by atoms with E-state index in [2.05, 4.69) is 15.8 Å². The Kier molecular flexibility index (Phi) is 8.86. The summed E-state index contributed by atoms with van der Waals surface area (Å²) in [5.74, 6) is 0.615. The third kappa shape index (κ3) is 6.95. The van der Waals surface area contributed by atoms with Crippen molar-refractivity contribution in [2.75, 3.05) is 44.1 Å². The Hall–Kier alpha value is -3.60. The number of hydrogen-bond donors (Lipinski definition) is 2. The fourth-order valence-corrected chi connectivity index (χ4v) is 3.53. The highest BCUT2D eigenvalue weighted by atomic mass is 16.5. The van der Waals surface area contributed by atoms with Crippen LogP contribution in [0.1, 0.15) is 31.4 Å². The van der Waals surface area contributed by atoms with Crippen LogP contribution < -0.4 is 25.0 Å². The highest BCUT2D eigenvalue weighted by Crippen LogP contribution is 2.31. The highest BCUT2D eigenvalue weighted by Gasteiger charge is 2.23. The molecule has 2 aromatic rings. The zero-order valence-corrected chi connectivity index (χ0v) is 19.6. The van der Waals surface area contributed by atoms with Gasteiger partial charge < -0.3 is 34.3 Å². The van der Waals surface area contributed by atoms with E-state index in [0.717, 1.165) is 12.8 Å². The van der Waals surface area contributed by atoms with Crippen molar-refractivity contribution < 1.29 is 33.1 Å². The molecule has 0 unspecified atom stereocenters. The number of nitrogens with zero attached hydrogens (tertiary/aromatic N) is 2. The molecule has 1 fully saturated rings. The van der Waals surface area contributed by atoms with E-state index in [0.29, 0.717) is 36.1 Å². The number of hydrogen-bond acceptors (Lipinski definition) is 8. The predicted octanol–water partition coefficient (Wildman–Crippen LogP) is 2.05. The average molecular weight is 475 g/mol. The van der Waals surface area contributed by atoms with Gasteiger partial charge in [-0.1, -0.05) is 5.16 Å². The second kappa shape index (κ2) is 12.0. The first-order valence-corrected chi connectivity index (χ1v) is 11.0. The van der Waals surface area contributed by atoms with E-state index < -0.39 is 11.8 Å². The largest absolute Gasteiger partial charge is 0.493 e. The lowest BCUT2D eigenvalue weighted by atomic mass is 10.2. The van der Waals surface area contributed by atoms with E-state index in [1.54, 1.807) is 31.2 Å². The zero-order valence-electron chi connectivity index (χ0n) is 19.6. The number of aryl methyl sites for hydroxylation is 1. The molecule has 0 saturated carbocycles. The monoisotopic (exact) mass is 474 g/mol. The molecule has 1 aliphatic heterocycles. The molecule has 0 spiro atoms. The Morgan fingerprint density at radius 2 is 1.91 bits per heavy atom. The van der Waals surface area contributed by atoms with Gasteiger partial charge in [0.25, 0.3) is 0 Å². The van der Waals surface area contributed by atoms with Crippen LogP contribution in [-0.4, -0.2) is 62.9 Å². The molecule has 11 nitrogen and oxygen atoms in total. The van der Waals surface area contributed by atoms with E-state index in [-0.39, 0.29) is 37.2 Å². The Balaban J connectivity index is 1.67. The molecule has 3 rings (SSSR count). The van der Waals surface area contributed by atoms with E-state index >= 15 is 0 Å². The molecule has 1 aliphatic rings. The standard InChI is InChI=1S/C23H30N4O7/c1-15-11-20(26-34-15)25-21(28)8-9-23(30)27(14-22(29)24-13-17-5-4-10-33-17)16-6-7-18(31-2)19(12-16)32-3/h6-7,11-12,17H,4-5,8-10,13-14H2,1-3H3,(H,24,29)(H,25,26,28)/t17-/m0/s1. The van der Waals surface area contributed by atoms with Gasteiger partial charge in [0.15, 0.2) is 17.3 Å². The van der Waals surface area contributed by atoms with Gasteiger partial charge in [-0.05, 0) is 31.9 Å². The first-order chi connectivity index (χ1) is 16.4. The topological polar surface area (TPSA) is 132 Å². The fraction of sp³-hybridized carbons (Fsp3) is 0.478. The van der Waals surface area contributed by atoms with E-state index in [1.807, 2.05) is 0 Å². The Bertz CT molecular complexity index is 1000. The summed E-state index contributed by atoms with van der Waals surface area (Å²) in [6.45, 7) is 2.56. The van der Waals surface area contributed by atoms with Crippen molar-refractivity contribution in [3.8, 4) is 11.5 Å². The number of ether oxygens (including phenoxy) is 3. The molecular formula is C23H30N4O7. The minimum absolute atomic E-state index is 0.0157. The van der Waals surface area contributed by atoms with Crippen LogP contribution in [0.3, 0.4) is 0 Å². The van der Waals surface area contributed by atoms with Gasteiger partial charge in [0.2, 0.25) is 17.7 Å². The first-order valence-electron chi connectivity index (χ1n) is 11.0. The number of aromatic nitrogens is 1. The summed E-state index contributed by atoms with van der Waals surface area (Å²) in [5.41, 5.74) is 0.447. The smallest absolute Gasteiger partial charge is 0.240 e. The van der Waals surface area contributed by atoms with E-state index in [1.165, 1.54) is 19.1 Å². The molecule has 2 N–H and O–H groups in total. The zero-order chi connectivity index (χ0) is 24.5. The van der Waals surface area contributed by atoms with Gasteiger partial charge in [-0.15, -0.1) is 0 Å². The van der Waals surface area contributed by atoms with Crippen LogP contribution in [0.15, 0.2) is 28.8 Å². The Morgan fingerprint density at radius 1 is 1.12 bits per heavy atom. The number of carbonyl (C=O) groups excluding carboxylic acids is 3. The summed E-state index contributed by atoms with van der Waals surface area (Å²) in [6.07, 6.45) is 1.63. The van der Waals surface area contributed by atoms with E-state index in [4.69, 9.17) is 18.7 Å². The number of benzene rings is 1. The van der Waals surface area contributed by atoms with Crippen molar-refractivity contribution in [2.24, 2.45) is 0 Å². The van der Waals surface area contributed by atoms with Gasteiger partial charge in [-0.25, -0.2) is 0 Å². The number of anilines is 2. The fourth-order valence-electron chi connectivity index (χ4n) is 3.53. The lowest BCUT2D eigenvalue weighted by Gasteiger charge is -2.24. The summed E-state index contributed by atoms with van der Waals surface area (Å²) in [6, 6.07) is 6.50. The molecule has 1 atom stereocenters. The normalized spacial score (nSPS) is 15.0. The first kappa shape index (κ1) is 25.0. The molecule has 34 heavy (non-hydrogen) atoms. The summed E-state index contributed by atoms with van der Waals surface area (Å²) < 4.78 is 21.0. The quantitative estimate of drug-likeness (QED) is 0.506. The van der Waals surface area contributed by atoms with Crippen molar-refractivity contribution in [2.45, 2.75) is 38.7 Å². The third-order valence-electron chi connectivity index (χ3n) is 5.29. The molecule has 0 aliphatic carbocycles. The maximum Gasteiger partial charge on any atom is 0.240 e. The molecule has 184 valence electrons. The SMILES string of the molecule is COc1ccc(N(CC(=O)NC[C@@H]2CCCO2)C(=O)CCC(=O)Nc2cc(C)on2)cc1OC. The number of rotatable bonds is 11. The Labute approximate surface area is 197 Å². The molecule has 1 aromatic carbocycles. The molecule has 0 bridgehead atoms. The van der Waals surface area contributed by atoms with Crippen molar-refractivity contribution in [1.29, 1.82) is 0 Å². The molecule has 2 heterocycles. The number of methoxy groups -OCH3 is 2. The maximum absolute atomic E-state index is 13.1. The van der Waals surface area contributed by atoms with Gasteiger partial charge in [0, 0.05) is 43.8 Å². The van der Waals surface area contributed by atoms with Crippen molar-refractivity contribution in [1.82, 2.24) is 10.5 Å². The number of nitrogens with one attached hydrogen (secondary N) is 2. The number of amides is 3. The maximum atomic E-state index is 13.1. The molecule has 1 saturated heterocycles. The molecular weight excluding hydrogens is 444 g/mol. The van der Waals surface area contributed by atoms with Crippen LogP contribution >= 0.6 is 0 Å². The van der Waals surface area contributed by atoms with Crippen LogP contribution in [0.2, 0.25) is 0 Å². The minimum Gasteiger partial charge on any atom is -0.493 e. The van der Waals surface area contributed by atoms with Gasteiger partial charge in [0.05, 0.1) is 20.3 Å². The van der Waals surface area contributed by atoms with Crippen LogP contribution in [0.25, 0.3) is 0 Å².